The average Bonchev–Trinajstić information content (AvgIpc) is 2.82. The van der Waals surface area contributed by atoms with Crippen molar-refractivity contribution in [2.45, 2.75) is 33.4 Å². The molecule has 0 aromatic carbocycles. The first-order valence-corrected chi connectivity index (χ1v) is 7.58. The third-order valence-electron chi connectivity index (χ3n) is 2.57. The molecule has 0 atom stereocenters. The van der Waals surface area contributed by atoms with Gasteiger partial charge in [-0.05, 0) is 20.8 Å². The smallest absolute Gasteiger partial charge is 0.323 e. The van der Waals surface area contributed by atoms with Crippen LogP contribution in [0.3, 0.4) is 0 Å². The Bertz CT molecular complexity index is 600. The van der Waals surface area contributed by atoms with Gasteiger partial charge in [-0.2, -0.15) is 15.0 Å². The van der Waals surface area contributed by atoms with Gasteiger partial charge in [-0.15, -0.1) is 11.3 Å². The quantitative estimate of drug-likeness (QED) is 0.875. The minimum atomic E-state index is 0.0106. The minimum Gasteiger partial charge on any atom is -0.461 e. The third kappa shape index (κ3) is 4.25. The molecule has 8 heteroatoms. The van der Waals surface area contributed by atoms with Crippen molar-refractivity contribution in [3.8, 4) is 6.01 Å². The summed E-state index contributed by atoms with van der Waals surface area (Å²) >= 11 is 1.63. The number of nitrogens with one attached hydrogen (secondary N) is 1. The van der Waals surface area contributed by atoms with E-state index >= 15 is 0 Å². The Labute approximate surface area is 128 Å². The van der Waals surface area contributed by atoms with Crippen molar-refractivity contribution in [2.24, 2.45) is 0 Å². The van der Waals surface area contributed by atoms with Gasteiger partial charge in [-0.25, -0.2) is 4.98 Å². The fourth-order valence-corrected chi connectivity index (χ4v) is 2.29. The van der Waals surface area contributed by atoms with Crippen LogP contribution in [-0.2, 0) is 6.54 Å². The van der Waals surface area contributed by atoms with E-state index in [0.717, 1.165) is 10.7 Å². The lowest BCUT2D eigenvalue weighted by molar-refractivity contribution is 0.222. The summed E-state index contributed by atoms with van der Waals surface area (Å²) in [6.07, 6.45) is 0.0106. The van der Waals surface area contributed by atoms with E-state index in [2.05, 4.69) is 25.3 Å². The predicted molar refractivity (Wildman–Crippen MR) is 84.1 cm³/mol. The van der Waals surface area contributed by atoms with Crippen LogP contribution in [0.5, 0.6) is 6.01 Å². The summed E-state index contributed by atoms with van der Waals surface area (Å²) in [6.45, 7) is 6.50. The summed E-state index contributed by atoms with van der Waals surface area (Å²) in [5.74, 6) is 1.03. The van der Waals surface area contributed by atoms with Gasteiger partial charge in [-0.1, -0.05) is 0 Å². The van der Waals surface area contributed by atoms with Crippen molar-refractivity contribution >= 4 is 23.2 Å². The van der Waals surface area contributed by atoms with E-state index < -0.39 is 0 Å². The molecule has 0 amide bonds. The fourth-order valence-electron chi connectivity index (χ4n) is 1.69. The predicted octanol–water partition coefficient (Wildman–Crippen LogP) is 2.10. The Morgan fingerprint density at radius 2 is 2.05 bits per heavy atom. The maximum Gasteiger partial charge on any atom is 0.323 e. The van der Waals surface area contributed by atoms with Crippen LogP contribution in [0.2, 0.25) is 0 Å². The molecule has 0 saturated carbocycles. The lowest BCUT2D eigenvalue weighted by Gasteiger charge is -2.17. The van der Waals surface area contributed by atoms with Crippen LogP contribution in [0.25, 0.3) is 0 Å². The molecule has 0 spiro atoms. The van der Waals surface area contributed by atoms with Gasteiger partial charge in [0.1, 0.15) is 0 Å². The maximum absolute atomic E-state index is 5.56. The van der Waals surface area contributed by atoms with Crippen molar-refractivity contribution in [1.29, 1.82) is 0 Å². The van der Waals surface area contributed by atoms with E-state index in [1.165, 1.54) is 0 Å². The number of thiazole rings is 1. The fraction of sp³-hybridized carbons (Fsp3) is 0.538. The molecule has 2 rings (SSSR count). The lowest BCUT2D eigenvalue weighted by atomic mass is 10.4. The Morgan fingerprint density at radius 3 is 2.62 bits per heavy atom. The summed E-state index contributed by atoms with van der Waals surface area (Å²) < 4.78 is 5.56. The SMILES string of the molecule is CNc1nc(OC(C)C)nc(N(C)Cc2csc(C)n2)n1. The van der Waals surface area contributed by atoms with Gasteiger partial charge in [-0.3, -0.25) is 0 Å². The van der Waals surface area contributed by atoms with Crippen LogP contribution in [-0.4, -0.2) is 40.1 Å². The van der Waals surface area contributed by atoms with Crippen LogP contribution in [0.4, 0.5) is 11.9 Å². The Morgan fingerprint density at radius 1 is 1.29 bits per heavy atom. The Kier molecular flexibility index (Phi) is 4.89. The molecule has 0 radical (unpaired) electrons. The molecule has 0 aliphatic carbocycles. The molecule has 21 heavy (non-hydrogen) atoms. The highest BCUT2D eigenvalue weighted by molar-refractivity contribution is 7.09. The van der Waals surface area contributed by atoms with E-state index in [9.17, 15) is 0 Å². The molecule has 2 heterocycles. The first kappa shape index (κ1) is 15.4. The highest BCUT2D eigenvalue weighted by atomic mass is 32.1. The molecule has 0 aliphatic rings. The zero-order chi connectivity index (χ0) is 15.4. The van der Waals surface area contributed by atoms with Crippen LogP contribution < -0.4 is 15.0 Å². The van der Waals surface area contributed by atoms with Gasteiger partial charge in [0.25, 0.3) is 0 Å². The number of aryl methyl sites for hydroxylation is 1. The number of aromatic nitrogens is 4. The van der Waals surface area contributed by atoms with E-state index in [0.29, 0.717) is 24.5 Å². The van der Waals surface area contributed by atoms with Gasteiger partial charge < -0.3 is 15.0 Å². The lowest BCUT2D eigenvalue weighted by Crippen LogP contribution is -2.21. The first-order valence-electron chi connectivity index (χ1n) is 6.70. The third-order valence-corrected chi connectivity index (χ3v) is 3.40. The second kappa shape index (κ2) is 6.66. The van der Waals surface area contributed by atoms with E-state index in [-0.39, 0.29) is 6.10 Å². The molecule has 1 N–H and O–H groups in total. The minimum absolute atomic E-state index is 0.0106. The monoisotopic (exact) mass is 308 g/mol. The molecule has 0 unspecified atom stereocenters. The number of hydrogen-bond donors (Lipinski definition) is 1. The van der Waals surface area contributed by atoms with Crippen molar-refractivity contribution in [3.63, 3.8) is 0 Å². The summed E-state index contributed by atoms with van der Waals surface area (Å²) in [5, 5.41) is 6.01. The molecule has 0 aliphatic heterocycles. The number of hydrogen-bond acceptors (Lipinski definition) is 8. The number of ether oxygens (including phenoxy) is 1. The number of nitrogens with zero attached hydrogens (tertiary/aromatic N) is 5. The largest absolute Gasteiger partial charge is 0.461 e. The molecule has 114 valence electrons. The highest BCUT2D eigenvalue weighted by Gasteiger charge is 2.13. The van der Waals surface area contributed by atoms with Crippen molar-refractivity contribution in [3.05, 3.63) is 16.1 Å². The Balaban J connectivity index is 2.20. The van der Waals surface area contributed by atoms with Gasteiger partial charge >= 0.3 is 6.01 Å². The average molecular weight is 308 g/mol. The van der Waals surface area contributed by atoms with Gasteiger partial charge in [0.05, 0.1) is 23.4 Å². The molecule has 2 aromatic rings. The summed E-state index contributed by atoms with van der Waals surface area (Å²) in [5.41, 5.74) is 0.998. The summed E-state index contributed by atoms with van der Waals surface area (Å²) in [4.78, 5) is 19.3. The zero-order valence-electron chi connectivity index (χ0n) is 12.9. The zero-order valence-corrected chi connectivity index (χ0v) is 13.7. The van der Waals surface area contributed by atoms with E-state index in [4.69, 9.17) is 4.74 Å². The van der Waals surface area contributed by atoms with Crippen LogP contribution in [0, 0.1) is 6.92 Å². The number of anilines is 2. The first-order chi connectivity index (χ1) is 9.97. The van der Waals surface area contributed by atoms with Gasteiger partial charge in [0.2, 0.25) is 11.9 Å². The van der Waals surface area contributed by atoms with Gasteiger partial charge in [0, 0.05) is 19.5 Å². The van der Waals surface area contributed by atoms with Crippen LogP contribution in [0.15, 0.2) is 5.38 Å². The molecule has 0 fully saturated rings. The highest BCUT2D eigenvalue weighted by Crippen LogP contribution is 2.17. The summed E-state index contributed by atoms with van der Waals surface area (Å²) in [6, 6.07) is 0.320. The molecule has 0 bridgehead atoms. The normalized spacial score (nSPS) is 10.8. The second-order valence-corrected chi connectivity index (χ2v) is 5.93. The van der Waals surface area contributed by atoms with Crippen molar-refractivity contribution < 1.29 is 4.74 Å². The maximum atomic E-state index is 5.56. The summed E-state index contributed by atoms with van der Waals surface area (Å²) in [7, 11) is 3.69. The second-order valence-electron chi connectivity index (χ2n) is 4.87. The molecule has 2 aromatic heterocycles. The van der Waals surface area contributed by atoms with Gasteiger partial charge in [0.15, 0.2) is 0 Å². The standard InChI is InChI=1S/C13H20N6OS/c1-8(2)20-13-17-11(14-4)16-12(18-13)19(5)6-10-7-21-9(3)15-10/h7-8H,6H2,1-5H3,(H,14,16,17,18). The van der Waals surface area contributed by atoms with Crippen LogP contribution >= 0.6 is 11.3 Å². The Hall–Kier alpha value is -1.96. The van der Waals surface area contributed by atoms with E-state index in [1.54, 1.807) is 18.4 Å². The van der Waals surface area contributed by atoms with Crippen LogP contribution in [0.1, 0.15) is 24.5 Å². The van der Waals surface area contributed by atoms with Crippen molar-refractivity contribution in [1.82, 2.24) is 19.9 Å². The van der Waals surface area contributed by atoms with E-state index in [1.807, 2.05) is 38.1 Å². The topological polar surface area (TPSA) is 76.1 Å². The molecular weight excluding hydrogens is 288 g/mol. The number of rotatable bonds is 6. The van der Waals surface area contributed by atoms with Crippen molar-refractivity contribution in [2.75, 3.05) is 24.3 Å². The molecule has 0 saturated heterocycles. The molecule has 7 nitrogen and oxygen atoms in total. The molecular formula is C13H20N6OS.